The number of carbonyl (C=O) groups is 2. The van der Waals surface area contributed by atoms with Crippen molar-refractivity contribution in [2.24, 2.45) is 0 Å². The van der Waals surface area contributed by atoms with Gasteiger partial charge in [-0.05, 0) is 43.3 Å². The molecule has 0 aliphatic rings. The zero-order valence-electron chi connectivity index (χ0n) is 15.1. The van der Waals surface area contributed by atoms with Crippen molar-refractivity contribution in [2.75, 3.05) is 13.6 Å². The largest absolute Gasteiger partial charge is 0.352 e. The van der Waals surface area contributed by atoms with Crippen molar-refractivity contribution < 1.29 is 9.59 Å². The summed E-state index contributed by atoms with van der Waals surface area (Å²) in [4.78, 5) is 30.8. The summed E-state index contributed by atoms with van der Waals surface area (Å²) in [6.45, 7) is 2.24. The third-order valence-electron chi connectivity index (χ3n) is 4.37. The van der Waals surface area contributed by atoms with E-state index in [9.17, 15) is 9.59 Å². The Balaban J connectivity index is 1.53. The topological polar surface area (TPSA) is 62.3 Å². The lowest BCUT2D eigenvalue weighted by Gasteiger charge is -2.23. The van der Waals surface area contributed by atoms with Crippen LogP contribution in [0.4, 0.5) is 0 Å². The van der Waals surface area contributed by atoms with E-state index in [1.807, 2.05) is 31.2 Å². The van der Waals surface area contributed by atoms with E-state index < -0.39 is 0 Å². The van der Waals surface area contributed by atoms with E-state index in [1.165, 1.54) is 0 Å². The van der Waals surface area contributed by atoms with Crippen LogP contribution in [0.1, 0.15) is 34.8 Å². The Morgan fingerprint density at radius 1 is 1.19 bits per heavy atom. The first-order valence-electron chi connectivity index (χ1n) is 8.60. The number of carbonyl (C=O) groups excluding carboxylic acids is 2. The summed E-state index contributed by atoms with van der Waals surface area (Å²) >= 11 is 7.41. The van der Waals surface area contributed by atoms with E-state index in [0.29, 0.717) is 10.6 Å². The fourth-order valence-electron chi connectivity index (χ4n) is 2.61. The van der Waals surface area contributed by atoms with E-state index in [4.69, 9.17) is 11.6 Å². The lowest BCUT2D eigenvalue weighted by Crippen LogP contribution is -2.33. The standard InChI is InChI=1S/C20H20ClN3O2S/c1-13(20-23-16-5-3-4-6-17(16)27-20)24(2)18(25)11-12-22-19(26)14-7-9-15(21)10-8-14/h3-10,13H,11-12H2,1-2H3,(H,22,26)/t13-/m0/s1. The number of benzene rings is 2. The average Bonchev–Trinajstić information content (AvgIpc) is 3.11. The second kappa shape index (κ2) is 8.50. The van der Waals surface area contributed by atoms with E-state index >= 15 is 0 Å². The van der Waals surface area contributed by atoms with Crippen LogP contribution >= 0.6 is 22.9 Å². The third kappa shape index (κ3) is 4.64. The molecular formula is C20H20ClN3O2S. The second-order valence-corrected chi connectivity index (χ2v) is 7.71. The number of hydrogen-bond acceptors (Lipinski definition) is 4. The Hall–Kier alpha value is -2.44. The van der Waals surface area contributed by atoms with Crippen LogP contribution in [0.5, 0.6) is 0 Å². The molecule has 27 heavy (non-hydrogen) atoms. The number of amides is 2. The molecule has 1 aromatic heterocycles. The minimum absolute atomic E-state index is 0.0434. The van der Waals surface area contributed by atoms with Crippen molar-refractivity contribution in [3.63, 3.8) is 0 Å². The Kier molecular flexibility index (Phi) is 6.08. The highest BCUT2D eigenvalue weighted by Gasteiger charge is 2.20. The van der Waals surface area contributed by atoms with Gasteiger partial charge in [0.05, 0.1) is 16.3 Å². The van der Waals surface area contributed by atoms with E-state index in [0.717, 1.165) is 15.2 Å². The average molecular weight is 402 g/mol. The first-order valence-corrected chi connectivity index (χ1v) is 9.80. The molecule has 0 saturated heterocycles. The summed E-state index contributed by atoms with van der Waals surface area (Å²) in [6, 6.07) is 14.4. The molecule has 1 atom stereocenters. The monoisotopic (exact) mass is 401 g/mol. The van der Waals surface area contributed by atoms with Gasteiger partial charge in [-0.2, -0.15) is 0 Å². The predicted molar refractivity (Wildman–Crippen MR) is 109 cm³/mol. The molecule has 3 aromatic rings. The summed E-state index contributed by atoms with van der Waals surface area (Å²) in [5, 5.41) is 4.24. The van der Waals surface area contributed by atoms with Crippen LogP contribution in [0, 0.1) is 0 Å². The van der Waals surface area contributed by atoms with Gasteiger partial charge in [-0.15, -0.1) is 11.3 Å². The van der Waals surface area contributed by atoms with Crippen molar-refractivity contribution in [1.29, 1.82) is 0 Å². The number of nitrogens with one attached hydrogen (secondary N) is 1. The van der Waals surface area contributed by atoms with E-state index in [-0.39, 0.29) is 30.8 Å². The number of fused-ring (bicyclic) bond motifs is 1. The summed E-state index contributed by atoms with van der Waals surface area (Å²) < 4.78 is 1.11. The molecule has 3 rings (SSSR count). The molecular weight excluding hydrogens is 382 g/mol. The summed E-state index contributed by atoms with van der Waals surface area (Å²) in [7, 11) is 1.76. The quantitative estimate of drug-likeness (QED) is 0.670. The van der Waals surface area contributed by atoms with E-state index in [1.54, 1.807) is 47.5 Å². The summed E-state index contributed by atoms with van der Waals surface area (Å²) in [5.41, 5.74) is 1.46. The molecule has 1 heterocycles. The fraction of sp³-hybridized carbons (Fsp3) is 0.250. The van der Waals surface area contributed by atoms with Crippen molar-refractivity contribution in [1.82, 2.24) is 15.2 Å². The number of nitrogens with zero attached hydrogens (tertiary/aromatic N) is 2. The molecule has 0 spiro atoms. The van der Waals surface area contributed by atoms with Gasteiger partial charge >= 0.3 is 0 Å². The highest BCUT2D eigenvalue weighted by Crippen LogP contribution is 2.28. The molecule has 0 saturated carbocycles. The maximum absolute atomic E-state index is 12.5. The third-order valence-corrected chi connectivity index (χ3v) is 5.83. The van der Waals surface area contributed by atoms with Crippen LogP contribution in [0.2, 0.25) is 5.02 Å². The summed E-state index contributed by atoms with van der Waals surface area (Å²) in [5.74, 6) is -0.264. The molecule has 5 nitrogen and oxygen atoms in total. The first kappa shape index (κ1) is 19.3. The van der Waals surface area contributed by atoms with Gasteiger partial charge in [-0.3, -0.25) is 9.59 Å². The van der Waals surface area contributed by atoms with Crippen LogP contribution in [0.15, 0.2) is 48.5 Å². The van der Waals surface area contributed by atoms with Crippen molar-refractivity contribution >= 4 is 45.0 Å². The van der Waals surface area contributed by atoms with Crippen molar-refractivity contribution in [3.05, 3.63) is 64.1 Å². The normalized spacial score (nSPS) is 12.0. The Labute approximate surface area is 167 Å². The van der Waals surface area contributed by atoms with E-state index in [2.05, 4.69) is 10.3 Å². The van der Waals surface area contributed by atoms with Crippen LogP contribution in [0.3, 0.4) is 0 Å². The molecule has 0 radical (unpaired) electrons. The number of para-hydroxylation sites is 1. The van der Waals surface area contributed by atoms with Crippen molar-refractivity contribution in [3.8, 4) is 0 Å². The fourth-order valence-corrected chi connectivity index (χ4v) is 3.80. The smallest absolute Gasteiger partial charge is 0.251 e. The molecule has 0 fully saturated rings. The second-order valence-electron chi connectivity index (χ2n) is 6.21. The number of halogens is 1. The molecule has 1 N–H and O–H groups in total. The molecule has 0 aliphatic carbocycles. The van der Waals surface area contributed by atoms with Crippen LogP contribution in [-0.4, -0.2) is 35.3 Å². The molecule has 0 aliphatic heterocycles. The van der Waals surface area contributed by atoms with Crippen molar-refractivity contribution in [2.45, 2.75) is 19.4 Å². The van der Waals surface area contributed by atoms with Gasteiger partial charge < -0.3 is 10.2 Å². The minimum atomic E-state index is -0.221. The maximum atomic E-state index is 12.5. The summed E-state index contributed by atoms with van der Waals surface area (Å²) in [6.07, 6.45) is 0.227. The van der Waals surface area contributed by atoms with Gasteiger partial charge in [0, 0.05) is 30.6 Å². The highest BCUT2D eigenvalue weighted by molar-refractivity contribution is 7.18. The lowest BCUT2D eigenvalue weighted by atomic mass is 10.2. The number of thiazole rings is 1. The SMILES string of the molecule is C[C@@H](c1nc2ccccc2s1)N(C)C(=O)CCNC(=O)c1ccc(Cl)cc1. The Morgan fingerprint density at radius 3 is 2.59 bits per heavy atom. The first-order chi connectivity index (χ1) is 13.0. The van der Waals surface area contributed by atoms with Gasteiger partial charge in [-0.25, -0.2) is 4.98 Å². The zero-order valence-corrected chi connectivity index (χ0v) is 16.7. The molecule has 0 unspecified atom stereocenters. The van der Waals surface area contributed by atoms with Gasteiger partial charge in [-0.1, -0.05) is 23.7 Å². The number of hydrogen-bond donors (Lipinski definition) is 1. The van der Waals surface area contributed by atoms with Crippen LogP contribution in [-0.2, 0) is 4.79 Å². The molecule has 2 amide bonds. The minimum Gasteiger partial charge on any atom is -0.352 e. The number of aromatic nitrogens is 1. The van der Waals surface area contributed by atoms with Gasteiger partial charge in [0.25, 0.3) is 5.91 Å². The molecule has 140 valence electrons. The molecule has 7 heteroatoms. The number of rotatable bonds is 6. The van der Waals surface area contributed by atoms with Crippen LogP contribution < -0.4 is 5.32 Å². The van der Waals surface area contributed by atoms with Crippen LogP contribution in [0.25, 0.3) is 10.2 Å². The van der Waals surface area contributed by atoms with Gasteiger partial charge in [0.2, 0.25) is 5.91 Å². The predicted octanol–water partition coefficient (Wildman–Crippen LogP) is 4.29. The highest BCUT2D eigenvalue weighted by atomic mass is 35.5. The Bertz CT molecular complexity index is 922. The molecule has 2 aromatic carbocycles. The zero-order chi connectivity index (χ0) is 19.4. The lowest BCUT2D eigenvalue weighted by molar-refractivity contribution is -0.131. The van der Waals surface area contributed by atoms with Gasteiger partial charge in [0.15, 0.2) is 0 Å². The van der Waals surface area contributed by atoms with Gasteiger partial charge in [0.1, 0.15) is 5.01 Å². The Morgan fingerprint density at radius 2 is 1.89 bits per heavy atom. The maximum Gasteiger partial charge on any atom is 0.251 e. The molecule has 0 bridgehead atoms.